The van der Waals surface area contributed by atoms with E-state index in [2.05, 4.69) is 26.2 Å². The molecule has 3 rings (SSSR count). The van der Waals surface area contributed by atoms with E-state index in [1.54, 1.807) is 0 Å². The average molecular weight is 355 g/mol. The molecule has 19 heavy (non-hydrogen) atoms. The number of nitrogens with zero attached hydrogens (tertiary/aromatic N) is 1. The fraction of sp³-hybridized carbons (Fsp3) is 0.167. The van der Waals surface area contributed by atoms with Crippen molar-refractivity contribution in [2.24, 2.45) is 4.99 Å². The zero-order valence-electron chi connectivity index (χ0n) is 9.69. The van der Waals surface area contributed by atoms with E-state index in [9.17, 15) is 9.59 Å². The Kier molecular flexibility index (Phi) is 3.07. The third kappa shape index (κ3) is 2.05. The van der Waals surface area contributed by atoms with E-state index < -0.39 is 5.25 Å². The number of thiocarbonyl (C=S) groups is 1. The Balaban J connectivity index is 2.30. The predicted molar refractivity (Wildman–Crippen MR) is 80.2 cm³/mol. The van der Waals surface area contributed by atoms with Crippen molar-refractivity contribution in [1.29, 1.82) is 0 Å². The molecule has 0 radical (unpaired) electrons. The molecule has 1 saturated heterocycles. The lowest BCUT2D eigenvalue weighted by Gasteiger charge is -2.04. The number of carbonyl (C=O) groups excluding carboxylic acids is 2. The van der Waals surface area contributed by atoms with Gasteiger partial charge in [0, 0.05) is 9.69 Å². The van der Waals surface area contributed by atoms with E-state index in [4.69, 9.17) is 12.2 Å². The van der Waals surface area contributed by atoms with Gasteiger partial charge < -0.3 is 5.32 Å². The molecule has 2 amide bonds. The molecule has 0 bridgehead atoms. The van der Waals surface area contributed by atoms with Crippen LogP contribution in [-0.2, 0) is 9.59 Å². The van der Waals surface area contributed by atoms with Gasteiger partial charge in [0.2, 0.25) is 5.91 Å². The molecule has 0 aromatic heterocycles. The second kappa shape index (κ2) is 4.50. The third-order valence-corrected chi connectivity index (χ3v) is 4.80. The molecule has 2 aliphatic heterocycles. The molecule has 0 saturated carbocycles. The summed E-state index contributed by atoms with van der Waals surface area (Å²) in [6.45, 7) is 1.88. The maximum Gasteiger partial charge on any atom is 0.275 e. The Morgan fingerprint density at radius 3 is 2.79 bits per heavy atom. The fourth-order valence-corrected chi connectivity index (χ4v) is 4.01. The number of amides is 2. The topological polar surface area (TPSA) is 58.5 Å². The van der Waals surface area contributed by atoms with Crippen molar-refractivity contribution in [3.05, 3.63) is 32.7 Å². The number of aryl methyl sites for hydroxylation is 1. The van der Waals surface area contributed by atoms with Crippen LogP contribution in [0.1, 0.15) is 5.56 Å². The van der Waals surface area contributed by atoms with Gasteiger partial charge in [-0.25, -0.2) is 4.99 Å². The summed E-state index contributed by atoms with van der Waals surface area (Å²) in [4.78, 5) is 28.0. The minimum atomic E-state index is -0.598. The highest BCUT2D eigenvalue weighted by molar-refractivity contribution is 9.10. The van der Waals surface area contributed by atoms with E-state index in [1.165, 1.54) is 11.8 Å². The van der Waals surface area contributed by atoms with E-state index in [0.717, 1.165) is 10.0 Å². The van der Waals surface area contributed by atoms with Crippen molar-refractivity contribution in [3.8, 4) is 0 Å². The van der Waals surface area contributed by atoms with Crippen LogP contribution in [-0.4, -0.2) is 21.4 Å². The standard InChI is InChI=1S/C12H7BrN2O2S2/c1-4-2-5(13)3-6-7(10(16)14-8(4)6)9-11(17)15-12(18)19-9/h2-3,9H,1H3,(H,15,17,18). The van der Waals surface area contributed by atoms with Crippen LogP contribution < -0.4 is 15.9 Å². The third-order valence-electron chi connectivity index (χ3n) is 2.95. The van der Waals surface area contributed by atoms with Crippen molar-refractivity contribution < 1.29 is 9.59 Å². The van der Waals surface area contributed by atoms with Gasteiger partial charge in [-0.3, -0.25) is 9.59 Å². The lowest BCUT2D eigenvalue weighted by Crippen LogP contribution is -2.32. The van der Waals surface area contributed by atoms with Crippen molar-refractivity contribution in [2.75, 3.05) is 0 Å². The first-order valence-electron chi connectivity index (χ1n) is 5.42. The van der Waals surface area contributed by atoms with E-state index in [1.807, 2.05) is 19.1 Å². The van der Waals surface area contributed by atoms with Gasteiger partial charge in [0.1, 0.15) is 9.57 Å². The Bertz CT molecular complexity index is 773. The molecule has 7 heteroatoms. The zero-order chi connectivity index (χ0) is 13.7. The van der Waals surface area contributed by atoms with Crippen molar-refractivity contribution in [1.82, 2.24) is 5.32 Å². The summed E-state index contributed by atoms with van der Waals surface area (Å²) in [5.41, 5.74) is 1.32. The van der Waals surface area contributed by atoms with Crippen LogP contribution in [0.4, 0.5) is 0 Å². The summed E-state index contributed by atoms with van der Waals surface area (Å²) in [7, 11) is 0. The number of halogens is 1. The quantitative estimate of drug-likeness (QED) is 0.749. The molecule has 0 aliphatic carbocycles. The largest absolute Gasteiger partial charge is 0.310 e. The van der Waals surface area contributed by atoms with Gasteiger partial charge in [0.15, 0.2) is 0 Å². The van der Waals surface area contributed by atoms with Gasteiger partial charge in [-0.05, 0) is 24.6 Å². The highest BCUT2D eigenvalue weighted by Crippen LogP contribution is 2.28. The van der Waals surface area contributed by atoms with Gasteiger partial charge >= 0.3 is 0 Å². The first kappa shape index (κ1) is 13.0. The van der Waals surface area contributed by atoms with Gasteiger partial charge in [0.25, 0.3) is 5.91 Å². The van der Waals surface area contributed by atoms with Crippen LogP contribution in [0.2, 0.25) is 0 Å². The van der Waals surface area contributed by atoms with Crippen molar-refractivity contribution >= 4 is 61.6 Å². The number of hydrogen-bond donors (Lipinski definition) is 1. The average Bonchev–Trinajstić information content (AvgIpc) is 2.78. The number of rotatable bonds is 1. The number of hydrogen-bond acceptors (Lipinski definition) is 4. The van der Waals surface area contributed by atoms with Crippen LogP contribution in [0.5, 0.6) is 0 Å². The summed E-state index contributed by atoms with van der Waals surface area (Å²) < 4.78 is 1.26. The van der Waals surface area contributed by atoms with Gasteiger partial charge in [-0.1, -0.05) is 39.9 Å². The van der Waals surface area contributed by atoms with Gasteiger partial charge in [-0.2, -0.15) is 0 Å². The van der Waals surface area contributed by atoms with Crippen LogP contribution >= 0.6 is 39.9 Å². The Hall–Kier alpha value is -1.05. The molecule has 1 aromatic rings. The second-order valence-electron chi connectivity index (χ2n) is 4.22. The van der Waals surface area contributed by atoms with Crippen LogP contribution in [0, 0.1) is 6.92 Å². The number of fused-ring (bicyclic) bond motifs is 1. The minimum Gasteiger partial charge on any atom is -0.310 e. The van der Waals surface area contributed by atoms with Crippen molar-refractivity contribution in [2.45, 2.75) is 12.2 Å². The zero-order valence-corrected chi connectivity index (χ0v) is 12.9. The van der Waals surface area contributed by atoms with E-state index >= 15 is 0 Å². The van der Waals surface area contributed by atoms with Crippen molar-refractivity contribution in [3.63, 3.8) is 0 Å². The molecule has 1 unspecified atom stereocenters. The predicted octanol–water partition coefficient (Wildman–Crippen LogP) is 0.585. The second-order valence-corrected chi connectivity index (χ2v) is 6.92. The highest BCUT2D eigenvalue weighted by Gasteiger charge is 2.37. The van der Waals surface area contributed by atoms with Crippen LogP contribution in [0.15, 0.2) is 21.6 Å². The molecular formula is C12H7BrN2O2S2. The Morgan fingerprint density at radius 2 is 2.16 bits per heavy atom. The monoisotopic (exact) mass is 354 g/mol. The minimum absolute atomic E-state index is 0.251. The smallest absolute Gasteiger partial charge is 0.275 e. The molecule has 1 atom stereocenters. The number of carbonyl (C=O) groups is 2. The van der Waals surface area contributed by atoms with Crippen LogP contribution in [0.3, 0.4) is 0 Å². The summed E-state index contributed by atoms with van der Waals surface area (Å²) >= 11 is 9.55. The first-order valence-corrected chi connectivity index (χ1v) is 7.50. The summed E-state index contributed by atoms with van der Waals surface area (Å²) in [6.07, 6.45) is 0. The first-order chi connectivity index (χ1) is 8.97. The summed E-state index contributed by atoms with van der Waals surface area (Å²) in [5.74, 6) is -0.604. The number of thioether (sulfide) groups is 1. The molecule has 96 valence electrons. The maximum atomic E-state index is 12.1. The van der Waals surface area contributed by atoms with Gasteiger partial charge in [0.05, 0.1) is 10.9 Å². The molecule has 1 N–H and O–H groups in total. The normalized spacial score (nSPS) is 21.5. The molecule has 4 nitrogen and oxygen atoms in total. The maximum absolute atomic E-state index is 12.1. The molecule has 1 fully saturated rings. The Morgan fingerprint density at radius 1 is 1.42 bits per heavy atom. The summed E-state index contributed by atoms with van der Waals surface area (Å²) in [6, 6.07) is 3.71. The van der Waals surface area contributed by atoms with Crippen LogP contribution in [0.25, 0.3) is 5.57 Å². The molecule has 0 spiro atoms. The van der Waals surface area contributed by atoms with E-state index in [0.29, 0.717) is 20.5 Å². The van der Waals surface area contributed by atoms with Gasteiger partial charge in [-0.15, -0.1) is 0 Å². The fourth-order valence-electron chi connectivity index (χ4n) is 2.17. The SMILES string of the molecule is Cc1cc(Br)cc2c1=NC(=O)C=2C1SC(=S)NC1=O. The lowest BCUT2D eigenvalue weighted by atomic mass is 10.1. The molecule has 2 heterocycles. The number of benzene rings is 1. The molecule has 2 aliphatic rings. The number of nitrogens with one attached hydrogen (secondary N) is 1. The lowest BCUT2D eigenvalue weighted by molar-refractivity contribution is -0.119. The Labute approximate surface area is 126 Å². The summed E-state index contributed by atoms with van der Waals surface area (Å²) in [5, 5.41) is 3.32. The highest BCUT2D eigenvalue weighted by atomic mass is 79.9. The van der Waals surface area contributed by atoms with E-state index in [-0.39, 0.29) is 11.8 Å². The molecular weight excluding hydrogens is 348 g/mol. The molecule has 1 aromatic carbocycles.